The Labute approximate surface area is 158 Å². The summed E-state index contributed by atoms with van der Waals surface area (Å²) in [5, 5.41) is 2.63. The van der Waals surface area contributed by atoms with Crippen LogP contribution in [0.3, 0.4) is 0 Å². The number of para-hydroxylation sites is 1. The van der Waals surface area contributed by atoms with E-state index in [1.165, 1.54) is 11.3 Å². The molecule has 0 aliphatic heterocycles. The molecule has 0 N–H and O–H groups in total. The number of hydrogen-bond acceptors (Lipinski definition) is 4. The number of amides is 1. The molecule has 0 bridgehead atoms. The summed E-state index contributed by atoms with van der Waals surface area (Å²) in [5.74, 6) is 0.765. The van der Waals surface area contributed by atoms with Crippen molar-refractivity contribution in [1.29, 1.82) is 0 Å². The number of aryl methyl sites for hydroxylation is 3. The lowest BCUT2D eigenvalue weighted by atomic mass is 10.1. The summed E-state index contributed by atoms with van der Waals surface area (Å²) >= 11 is 1.47. The third kappa shape index (κ3) is 4.49. The number of thiazole rings is 1. The minimum absolute atomic E-state index is 0.0325. The van der Waals surface area contributed by atoms with Crippen molar-refractivity contribution in [3.63, 3.8) is 0 Å². The first-order valence-electron chi connectivity index (χ1n) is 8.54. The molecular weight excluding hydrogens is 344 g/mol. The van der Waals surface area contributed by atoms with Crippen molar-refractivity contribution >= 4 is 28.1 Å². The van der Waals surface area contributed by atoms with Crippen LogP contribution in [0.25, 0.3) is 0 Å². The van der Waals surface area contributed by atoms with Gasteiger partial charge in [0, 0.05) is 5.38 Å². The highest BCUT2D eigenvalue weighted by atomic mass is 32.1. The topological polar surface area (TPSA) is 42.4 Å². The van der Waals surface area contributed by atoms with E-state index in [1.807, 2.05) is 68.6 Å². The molecule has 3 aromatic rings. The lowest BCUT2D eigenvalue weighted by molar-refractivity contribution is -0.118. The van der Waals surface area contributed by atoms with Crippen molar-refractivity contribution in [1.82, 2.24) is 4.98 Å². The number of ether oxygens (including phenoxy) is 1. The lowest BCUT2D eigenvalue weighted by Crippen LogP contribution is -2.27. The summed E-state index contributed by atoms with van der Waals surface area (Å²) in [4.78, 5) is 19.0. The van der Waals surface area contributed by atoms with Gasteiger partial charge in [0.1, 0.15) is 5.75 Å². The predicted molar refractivity (Wildman–Crippen MR) is 106 cm³/mol. The third-order valence-corrected chi connectivity index (χ3v) is 4.79. The van der Waals surface area contributed by atoms with Crippen LogP contribution in [0.5, 0.6) is 5.75 Å². The first-order valence-corrected chi connectivity index (χ1v) is 9.42. The molecule has 0 atom stereocenters. The van der Waals surface area contributed by atoms with Crippen molar-refractivity contribution in [3.05, 3.63) is 70.7 Å². The second kappa shape index (κ2) is 8.15. The van der Waals surface area contributed by atoms with E-state index in [1.54, 1.807) is 4.90 Å². The molecule has 1 amide bonds. The molecule has 5 heteroatoms. The van der Waals surface area contributed by atoms with Crippen molar-refractivity contribution in [2.45, 2.75) is 27.2 Å². The van der Waals surface area contributed by atoms with E-state index in [4.69, 9.17) is 4.74 Å². The monoisotopic (exact) mass is 366 g/mol. The Bertz CT molecular complexity index is 870. The maximum absolute atomic E-state index is 12.9. The van der Waals surface area contributed by atoms with Crippen LogP contribution >= 0.6 is 11.3 Å². The third-order valence-electron chi connectivity index (χ3n) is 3.84. The van der Waals surface area contributed by atoms with Crippen LogP contribution in [0, 0.1) is 20.8 Å². The fourth-order valence-electron chi connectivity index (χ4n) is 2.77. The Morgan fingerprint density at radius 1 is 1.08 bits per heavy atom. The summed E-state index contributed by atoms with van der Waals surface area (Å²) in [5.41, 5.74) is 4.02. The molecule has 26 heavy (non-hydrogen) atoms. The van der Waals surface area contributed by atoms with Gasteiger partial charge in [-0.2, -0.15) is 0 Å². The summed E-state index contributed by atoms with van der Waals surface area (Å²) in [6.07, 6.45) is 0.278. The molecule has 1 heterocycles. The fraction of sp³-hybridized carbons (Fsp3) is 0.238. The second-order valence-corrected chi connectivity index (χ2v) is 7.09. The zero-order valence-electron chi connectivity index (χ0n) is 15.2. The number of nitrogens with zero attached hydrogens (tertiary/aromatic N) is 2. The first-order chi connectivity index (χ1) is 12.5. The maximum atomic E-state index is 12.9. The van der Waals surface area contributed by atoms with Crippen LogP contribution < -0.4 is 9.64 Å². The van der Waals surface area contributed by atoms with Gasteiger partial charge in [-0.25, -0.2) is 4.98 Å². The zero-order valence-corrected chi connectivity index (χ0v) is 16.0. The molecule has 0 spiro atoms. The van der Waals surface area contributed by atoms with Crippen LogP contribution in [0.15, 0.2) is 53.9 Å². The fourth-order valence-corrected chi connectivity index (χ4v) is 3.60. The van der Waals surface area contributed by atoms with Crippen LogP contribution in [0.1, 0.15) is 23.2 Å². The molecule has 4 nitrogen and oxygen atoms in total. The van der Waals surface area contributed by atoms with Gasteiger partial charge >= 0.3 is 0 Å². The van der Waals surface area contributed by atoms with Gasteiger partial charge in [0.05, 0.1) is 24.4 Å². The van der Waals surface area contributed by atoms with Gasteiger partial charge in [-0.15, -0.1) is 11.3 Å². The highest BCUT2D eigenvalue weighted by molar-refractivity contribution is 7.14. The summed E-state index contributed by atoms with van der Waals surface area (Å²) < 4.78 is 5.80. The van der Waals surface area contributed by atoms with Gasteiger partial charge in [-0.05, 0) is 56.2 Å². The summed E-state index contributed by atoms with van der Waals surface area (Å²) in [6, 6.07) is 15.7. The SMILES string of the molecule is Cc1cc(C)cc(OCCC(=O)N(c2ccccc2)c2nc(C)cs2)c1. The van der Waals surface area contributed by atoms with Crippen molar-refractivity contribution in [2.24, 2.45) is 0 Å². The largest absolute Gasteiger partial charge is 0.493 e. The molecule has 0 aliphatic rings. The summed E-state index contributed by atoms with van der Waals surface area (Å²) in [7, 11) is 0. The molecule has 2 aromatic carbocycles. The van der Waals surface area contributed by atoms with E-state index < -0.39 is 0 Å². The quantitative estimate of drug-likeness (QED) is 0.602. The number of anilines is 2. The molecule has 0 saturated carbocycles. The van der Waals surface area contributed by atoms with E-state index in [-0.39, 0.29) is 12.3 Å². The van der Waals surface area contributed by atoms with E-state index in [0.29, 0.717) is 11.7 Å². The normalized spacial score (nSPS) is 10.6. The van der Waals surface area contributed by atoms with Gasteiger partial charge in [0.2, 0.25) is 5.91 Å². The standard InChI is InChI=1S/C21H22N2O2S/c1-15-11-16(2)13-19(12-15)25-10-9-20(24)23(18-7-5-4-6-8-18)21-22-17(3)14-26-21/h4-8,11-14H,9-10H2,1-3H3. The average molecular weight is 366 g/mol. The minimum atomic E-state index is -0.0325. The Morgan fingerprint density at radius 2 is 1.77 bits per heavy atom. The molecule has 0 radical (unpaired) electrons. The van der Waals surface area contributed by atoms with Crippen LogP contribution in [-0.4, -0.2) is 17.5 Å². The van der Waals surface area contributed by atoms with Crippen molar-refractivity contribution < 1.29 is 9.53 Å². The molecular formula is C21H22N2O2S. The molecule has 134 valence electrons. The predicted octanol–water partition coefficient (Wildman–Crippen LogP) is 5.20. The van der Waals surface area contributed by atoms with Crippen molar-refractivity contribution in [2.75, 3.05) is 11.5 Å². The van der Waals surface area contributed by atoms with Gasteiger partial charge in [-0.1, -0.05) is 24.3 Å². The van der Waals surface area contributed by atoms with Crippen molar-refractivity contribution in [3.8, 4) is 5.75 Å². The van der Waals surface area contributed by atoms with E-state index in [0.717, 1.165) is 28.3 Å². The van der Waals surface area contributed by atoms with Gasteiger partial charge < -0.3 is 4.74 Å². The van der Waals surface area contributed by atoms with E-state index in [2.05, 4.69) is 11.1 Å². The Balaban J connectivity index is 1.72. The van der Waals surface area contributed by atoms with Crippen LogP contribution in [0.2, 0.25) is 0 Å². The average Bonchev–Trinajstić information content (AvgIpc) is 3.01. The minimum Gasteiger partial charge on any atom is -0.493 e. The number of aromatic nitrogens is 1. The highest BCUT2D eigenvalue weighted by Gasteiger charge is 2.20. The maximum Gasteiger partial charge on any atom is 0.236 e. The highest BCUT2D eigenvalue weighted by Crippen LogP contribution is 2.29. The molecule has 0 saturated heterocycles. The molecule has 3 rings (SSSR count). The Kier molecular flexibility index (Phi) is 5.68. The number of carbonyl (C=O) groups excluding carboxylic acids is 1. The smallest absolute Gasteiger partial charge is 0.236 e. The molecule has 0 fully saturated rings. The number of hydrogen-bond donors (Lipinski definition) is 0. The lowest BCUT2D eigenvalue weighted by Gasteiger charge is -2.20. The zero-order chi connectivity index (χ0) is 18.5. The first kappa shape index (κ1) is 18.1. The van der Waals surface area contributed by atoms with Crippen LogP contribution in [-0.2, 0) is 4.79 Å². The van der Waals surface area contributed by atoms with E-state index >= 15 is 0 Å². The number of rotatable bonds is 6. The van der Waals surface area contributed by atoms with Gasteiger partial charge in [0.25, 0.3) is 0 Å². The summed E-state index contributed by atoms with van der Waals surface area (Å²) in [6.45, 7) is 6.33. The van der Waals surface area contributed by atoms with Gasteiger partial charge in [-0.3, -0.25) is 9.69 Å². The van der Waals surface area contributed by atoms with Gasteiger partial charge in [0.15, 0.2) is 5.13 Å². The Morgan fingerprint density at radius 3 is 2.38 bits per heavy atom. The Hall–Kier alpha value is -2.66. The van der Waals surface area contributed by atoms with E-state index in [9.17, 15) is 4.79 Å². The second-order valence-electron chi connectivity index (χ2n) is 6.26. The number of carbonyl (C=O) groups is 1. The molecule has 1 aromatic heterocycles. The van der Waals surface area contributed by atoms with Crippen LogP contribution in [0.4, 0.5) is 10.8 Å². The number of benzene rings is 2. The molecule has 0 aliphatic carbocycles. The molecule has 0 unspecified atom stereocenters.